The van der Waals surface area contributed by atoms with E-state index < -0.39 is 0 Å². The highest BCUT2D eigenvalue weighted by molar-refractivity contribution is 6.05. The van der Waals surface area contributed by atoms with E-state index in [1.807, 2.05) is 6.92 Å². The van der Waals surface area contributed by atoms with Crippen LogP contribution in [0, 0.1) is 6.92 Å². The second-order valence-corrected chi connectivity index (χ2v) is 5.40. The molecule has 6 heteroatoms. The molecule has 3 rings (SSSR count). The fourth-order valence-electron chi connectivity index (χ4n) is 2.76. The molecule has 1 aliphatic rings. The number of aryl methyl sites for hydroxylation is 1. The molecule has 0 atom stereocenters. The number of aromatic hydroxyl groups is 1. The number of phenols is 1. The number of fused-ring (bicyclic) bond motifs is 1. The van der Waals surface area contributed by atoms with Crippen molar-refractivity contribution in [1.29, 1.82) is 0 Å². The van der Waals surface area contributed by atoms with Gasteiger partial charge in [-0.25, -0.2) is 0 Å². The number of ketones is 1. The summed E-state index contributed by atoms with van der Waals surface area (Å²) in [5.41, 5.74) is 1.50. The van der Waals surface area contributed by atoms with Crippen molar-refractivity contribution in [2.75, 3.05) is 33.0 Å². The minimum absolute atomic E-state index is 0.121. The maximum atomic E-state index is 12.0. The van der Waals surface area contributed by atoms with E-state index in [1.165, 1.54) is 13.2 Å². The zero-order chi connectivity index (χ0) is 15.7. The molecule has 1 aliphatic heterocycles. The molecule has 1 aromatic heterocycles. The number of morpholine rings is 1. The van der Waals surface area contributed by atoms with Crippen molar-refractivity contribution in [3.63, 3.8) is 0 Å². The van der Waals surface area contributed by atoms with Gasteiger partial charge in [-0.05, 0) is 25.5 Å². The van der Waals surface area contributed by atoms with Crippen LogP contribution in [-0.4, -0.2) is 48.8 Å². The zero-order valence-electron chi connectivity index (χ0n) is 12.7. The van der Waals surface area contributed by atoms with E-state index >= 15 is 0 Å². The van der Waals surface area contributed by atoms with Crippen molar-refractivity contribution >= 4 is 16.8 Å². The molecule has 22 heavy (non-hydrogen) atoms. The van der Waals surface area contributed by atoms with Gasteiger partial charge in [-0.15, -0.1) is 0 Å². The number of ether oxygens (including phenoxy) is 2. The molecule has 0 saturated carbocycles. The molecule has 6 nitrogen and oxygen atoms in total. The molecule has 2 aromatic rings. The van der Waals surface area contributed by atoms with Gasteiger partial charge < -0.3 is 19.0 Å². The lowest BCUT2D eigenvalue weighted by Crippen LogP contribution is -2.38. The Kier molecular flexibility index (Phi) is 4.04. The monoisotopic (exact) mass is 305 g/mol. The van der Waals surface area contributed by atoms with Crippen LogP contribution in [0.2, 0.25) is 0 Å². The van der Waals surface area contributed by atoms with Crippen LogP contribution in [0.1, 0.15) is 22.8 Å². The first-order valence-corrected chi connectivity index (χ1v) is 7.26. The lowest BCUT2D eigenvalue weighted by molar-refractivity contribution is 0.00339. The van der Waals surface area contributed by atoms with Crippen molar-refractivity contribution < 1.29 is 23.8 Å². The summed E-state index contributed by atoms with van der Waals surface area (Å²) in [6.07, 6.45) is 1.49. The van der Waals surface area contributed by atoms with Gasteiger partial charge in [-0.2, -0.15) is 0 Å². The van der Waals surface area contributed by atoms with Crippen LogP contribution in [-0.2, 0) is 4.74 Å². The molecular formula is C16H19NO5. The summed E-state index contributed by atoms with van der Waals surface area (Å²) in [5.74, 6) is -0.0733. The minimum Gasteiger partial charge on any atom is -0.502 e. The lowest BCUT2D eigenvalue weighted by atomic mass is 10.00. The second-order valence-electron chi connectivity index (χ2n) is 5.40. The Hall–Kier alpha value is -2.05. The average molecular weight is 305 g/mol. The Morgan fingerprint density at radius 1 is 1.41 bits per heavy atom. The first kappa shape index (κ1) is 14.9. The third kappa shape index (κ3) is 2.55. The molecule has 0 bridgehead atoms. The molecule has 0 spiro atoms. The number of phenolic OH excluding ortho intramolecular Hbond substituents is 1. The molecule has 118 valence electrons. The summed E-state index contributed by atoms with van der Waals surface area (Å²) < 4.78 is 16.4. The zero-order valence-corrected chi connectivity index (χ0v) is 12.7. The topological polar surface area (TPSA) is 72.1 Å². The van der Waals surface area contributed by atoms with Crippen LogP contribution in [0.25, 0.3) is 11.0 Å². The fraction of sp³-hybridized carbons (Fsp3) is 0.438. The van der Waals surface area contributed by atoms with Crippen LogP contribution in [0.5, 0.6) is 11.5 Å². The van der Waals surface area contributed by atoms with Gasteiger partial charge >= 0.3 is 0 Å². The highest BCUT2D eigenvalue weighted by atomic mass is 16.5. The van der Waals surface area contributed by atoms with Crippen LogP contribution >= 0.6 is 0 Å². The van der Waals surface area contributed by atoms with Crippen LogP contribution in [0.4, 0.5) is 0 Å². The number of carbonyl (C=O) groups excluding carboxylic acids is 1. The summed E-state index contributed by atoms with van der Waals surface area (Å²) in [4.78, 5) is 14.1. The molecule has 0 aliphatic carbocycles. The Morgan fingerprint density at radius 3 is 2.82 bits per heavy atom. The Bertz CT molecular complexity index is 700. The van der Waals surface area contributed by atoms with Crippen LogP contribution in [0.15, 0.2) is 16.7 Å². The quantitative estimate of drug-likeness (QED) is 0.874. The van der Waals surface area contributed by atoms with Crippen molar-refractivity contribution in [2.24, 2.45) is 0 Å². The largest absolute Gasteiger partial charge is 0.502 e. The van der Waals surface area contributed by atoms with Gasteiger partial charge in [0.2, 0.25) is 5.75 Å². The van der Waals surface area contributed by atoms with Crippen molar-refractivity contribution in [1.82, 2.24) is 4.90 Å². The van der Waals surface area contributed by atoms with E-state index in [1.54, 1.807) is 6.07 Å². The molecule has 0 radical (unpaired) electrons. The Morgan fingerprint density at radius 2 is 2.14 bits per heavy atom. The van der Waals surface area contributed by atoms with Gasteiger partial charge in [0, 0.05) is 18.5 Å². The first-order valence-electron chi connectivity index (χ1n) is 7.26. The number of hydrogen-bond acceptors (Lipinski definition) is 6. The summed E-state index contributed by atoms with van der Waals surface area (Å²) in [6, 6.07) is 1.74. The van der Waals surface area contributed by atoms with Gasteiger partial charge in [0.05, 0.1) is 25.0 Å². The maximum absolute atomic E-state index is 12.0. The van der Waals surface area contributed by atoms with E-state index in [9.17, 15) is 9.90 Å². The SMILES string of the molecule is CC(=O)c1c(OCN2CCOCC2)c(O)c2occc2c1C. The third-order valence-electron chi connectivity index (χ3n) is 3.95. The van der Waals surface area contributed by atoms with Crippen LogP contribution < -0.4 is 4.74 Å². The number of Topliss-reactive ketones (excluding diaryl/α,β-unsaturated/α-hetero) is 1. The van der Waals surface area contributed by atoms with Crippen molar-refractivity contribution in [3.05, 3.63) is 23.5 Å². The lowest BCUT2D eigenvalue weighted by Gasteiger charge is -2.27. The van der Waals surface area contributed by atoms with E-state index in [2.05, 4.69) is 4.90 Å². The molecule has 1 saturated heterocycles. The highest BCUT2D eigenvalue weighted by Crippen LogP contribution is 2.41. The number of rotatable bonds is 4. The number of nitrogens with zero attached hydrogens (tertiary/aromatic N) is 1. The van der Waals surface area contributed by atoms with Crippen LogP contribution in [0.3, 0.4) is 0 Å². The van der Waals surface area contributed by atoms with Gasteiger partial charge in [0.25, 0.3) is 0 Å². The second kappa shape index (κ2) is 5.98. The average Bonchev–Trinajstić information content (AvgIpc) is 3.00. The summed E-state index contributed by atoms with van der Waals surface area (Å²) >= 11 is 0. The van der Waals surface area contributed by atoms with Crippen molar-refractivity contribution in [3.8, 4) is 11.5 Å². The van der Waals surface area contributed by atoms with E-state index in [-0.39, 0.29) is 17.3 Å². The molecular weight excluding hydrogens is 286 g/mol. The summed E-state index contributed by atoms with van der Waals surface area (Å²) in [7, 11) is 0. The molecule has 1 aromatic carbocycles. The Balaban J connectivity index is 1.97. The van der Waals surface area contributed by atoms with E-state index in [0.29, 0.717) is 31.1 Å². The first-order chi connectivity index (χ1) is 10.6. The number of benzene rings is 1. The number of furan rings is 1. The molecule has 1 N–H and O–H groups in total. The van der Waals surface area contributed by atoms with Gasteiger partial charge in [0.1, 0.15) is 6.73 Å². The molecule has 0 unspecified atom stereocenters. The summed E-state index contributed by atoms with van der Waals surface area (Å²) in [5, 5.41) is 11.1. The number of carbonyl (C=O) groups is 1. The fourth-order valence-corrected chi connectivity index (χ4v) is 2.76. The predicted molar refractivity (Wildman–Crippen MR) is 80.5 cm³/mol. The third-order valence-corrected chi connectivity index (χ3v) is 3.95. The van der Waals surface area contributed by atoms with Gasteiger partial charge in [-0.3, -0.25) is 9.69 Å². The Labute approximate surface area is 128 Å². The summed E-state index contributed by atoms with van der Waals surface area (Å²) in [6.45, 7) is 6.43. The number of hydrogen-bond donors (Lipinski definition) is 1. The van der Waals surface area contributed by atoms with E-state index in [4.69, 9.17) is 13.9 Å². The molecule has 2 heterocycles. The van der Waals surface area contributed by atoms with Gasteiger partial charge in [-0.1, -0.05) is 0 Å². The smallest absolute Gasteiger partial charge is 0.202 e. The molecule has 1 fully saturated rings. The van der Waals surface area contributed by atoms with Gasteiger partial charge in [0.15, 0.2) is 17.1 Å². The molecule has 0 amide bonds. The standard InChI is InChI=1S/C16H19NO5/c1-10-12-3-6-21-15(12)14(19)16(13(10)11(2)18)22-9-17-4-7-20-8-5-17/h3,6,19H,4-5,7-9H2,1-2H3. The maximum Gasteiger partial charge on any atom is 0.202 e. The van der Waals surface area contributed by atoms with Crippen molar-refractivity contribution in [2.45, 2.75) is 13.8 Å². The predicted octanol–water partition coefficient (Wildman–Crippen LogP) is 2.32. The normalized spacial score (nSPS) is 16.1. The highest BCUT2D eigenvalue weighted by Gasteiger charge is 2.24. The minimum atomic E-state index is -0.145. The van der Waals surface area contributed by atoms with E-state index in [0.717, 1.165) is 24.0 Å².